The molecule has 3 aromatic rings. The van der Waals surface area contributed by atoms with E-state index < -0.39 is 0 Å². The van der Waals surface area contributed by atoms with Crippen molar-refractivity contribution in [2.24, 2.45) is 0 Å². The zero-order valence-corrected chi connectivity index (χ0v) is 16.2. The highest BCUT2D eigenvalue weighted by Crippen LogP contribution is 2.23. The molecule has 0 aliphatic heterocycles. The summed E-state index contributed by atoms with van der Waals surface area (Å²) in [6.45, 7) is 0.408. The number of aromatic amines is 1. The van der Waals surface area contributed by atoms with Crippen molar-refractivity contribution >= 4 is 40.3 Å². The number of carbonyl (C=O) groups is 2. The molecule has 144 valence electrons. The molecular formula is C22H20ClNO4. The lowest BCUT2D eigenvalue weighted by molar-refractivity contribution is -0.140. The molecule has 0 atom stereocenters. The van der Waals surface area contributed by atoms with Gasteiger partial charge < -0.3 is 14.5 Å². The molecule has 0 aliphatic rings. The third-order valence-corrected chi connectivity index (χ3v) is 4.49. The number of ketones is 1. The fraction of sp³-hybridized carbons (Fsp3) is 0.182. The lowest BCUT2D eigenvalue weighted by atomic mass is 10.1. The fourth-order valence-electron chi connectivity index (χ4n) is 2.74. The summed E-state index contributed by atoms with van der Waals surface area (Å²) >= 11 is 6.05. The summed E-state index contributed by atoms with van der Waals surface area (Å²) in [6.07, 6.45) is 6.04. The fourth-order valence-corrected chi connectivity index (χ4v) is 2.91. The minimum Gasteiger partial charge on any atom is -0.494 e. The Hall–Kier alpha value is -3.05. The number of ether oxygens (including phenoxy) is 2. The van der Waals surface area contributed by atoms with E-state index in [1.54, 1.807) is 30.3 Å². The minimum absolute atomic E-state index is 0.103. The standard InChI is InChI=1S/C22H20ClNO4/c1-27-22(26)3-2-12-28-18-8-4-15(5-9-18)21(25)11-6-16-14-24-20-10-7-17(23)13-19(16)20/h4-11,13-14,24H,2-3,12H2,1H3/b11-6+. The molecule has 0 bridgehead atoms. The summed E-state index contributed by atoms with van der Waals surface area (Å²) in [5, 5.41) is 1.61. The molecule has 1 aromatic heterocycles. The molecule has 0 spiro atoms. The highest BCUT2D eigenvalue weighted by atomic mass is 35.5. The highest BCUT2D eigenvalue weighted by Gasteiger charge is 2.05. The summed E-state index contributed by atoms with van der Waals surface area (Å²) in [4.78, 5) is 26.6. The van der Waals surface area contributed by atoms with E-state index in [0.717, 1.165) is 16.5 Å². The number of allylic oxidation sites excluding steroid dienone is 1. The zero-order valence-electron chi connectivity index (χ0n) is 15.4. The molecule has 0 fully saturated rings. The molecule has 0 unspecified atom stereocenters. The van der Waals surface area contributed by atoms with Gasteiger partial charge in [-0.1, -0.05) is 11.6 Å². The first-order valence-electron chi connectivity index (χ1n) is 8.85. The first-order valence-corrected chi connectivity index (χ1v) is 9.23. The predicted octanol–water partition coefficient (Wildman–Crippen LogP) is 5.05. The van der Waals surface area contributed by atoms with E-state index in [9.17, 15) is 9.59 Å². The maximum atomic E-state index is 12.4. The Morgan fingerprint density at radius 2 is 1.93 bits per heavy atom. The van der Waals surface area contributed by atoms with Crippen LogP contribution in [0.4, 0.5) is 0 Å². The lowest BCUT2D eigenvalue weighted by Crippen LogP contribution is -2.04. The Bertz CT molecular complexity index is 1010. The molecule has 0 amide bonds. The number of H-pyrrole nitrogens is 1. The van der Waals surface area contributed by atoms with Gasteiger partial charge in [0.25, 0.3) is 0 Å². The van der Waals surface area contributed by atoms with Gasteiger partial charge in [0, 0.05) is 34.1 Å². The van der Waals surface area contributed by atoms with Crippen molar-refractivity contribution in [3.63, 3.8) is 0 Å². The van der Waals surface area contributed by atoms with Gasteiger partial charge in [0.05, 0.1) is 13.7 Å². The van der Waals surface area contributed by atoms with Gasteiger partial charge in [-0.25, -0.2) is 0 Å². The summed E-state index contributed by atoms with van der Waals surface area (Å²) in [6, 6.07) is 12.5. The van der Waals surface area contributed by atoms with Crippen molar-refractivity contribution in [2.45, 2.75) is 12.8 Å². The van der Waals surface area contributed by atoms with Crippen LogP contribution in [-0.2, 0) is 9.53 Å². The molecule has 1 heterocycles. The van der Waals surface area contributed by atoms with Gasteiger partial charge in [-0.2, -0.15) is 0 Å². The molecule has 0 saturated heterocycles. The van der Waals surface area contributed by atoms with Crippen molar-refractivity contribution < 1.29 is 19.1 Å². The topological polar surface area (TPSA) is 68.4 Å². The van der Waals surface area contributed by atoms with Gasteiger partial charge in [-0.05, 0) is 66.6 Å². The van der Waals surface area contributed by atoms with Gasteiger partial charge in [-0.15, -0.1) is 0 Å². The number of esters is 1. The van der Waals surface area contributed by atoms with Gasteiger partial charge in [-0.3, -0.25) is 9.59 Å². The number of benzene rings is 2. The minimum atomic E-state index is -0.256. The van der Waals surface area contributed by atoms with Crippen LogP contribution in [0.2, 0.25) is 5.02 Å². The highest BCUT2D eigenvalue weighted by molar-refractivity contribution is 6.31. The third kappa shape index (κ3) is 5.02. The van der Waals surface area contributed by atoms with E-state index in [1.807, 2.05) is 24.4 Å². The van der Waals surface area contributed by atoms with Crippen molar-refractivity contribution in [3.8, 4) is 5.75 Å². The van der Waals surface area contributed by atoms with Crippen molar-refractivity contribution in [1.82, 2.24) is 4.98 Å². The molecule has 0 saturated carbocycles. The van der Waals surface area contributed by atoms with E-state index in [2.05, 4.69) is 9.72 Å². The van der Waals surface area contributed by atoms with E-state index in [-0.39, 0.29) is 11.8 Å². The van der Waals surface area contributed by atoms with E-state index in [4.69, 9.17) is 16.3 Å². The van der Waals surface area contributed by atoms with Gasteiger partial charge in [0.2, 0.25) is 0 Å². The predicted molar refractivity (Wildman–Crippen MR) is 110 cm³/mol. The van der Waals surface area contributed by atoms with Crippen molar-refractivity contribution in [1.29, 1.82) is 0 Å². The van der Waals surface area contributed by atoms with Crippen molar-refractivity contribution in [2.75, 3.05) is 13.7 Å². The maximum Gasteiger partial charge on any atom is 0.305 e. The average molecular weight is 398 g/mol. The summed E-state index contributed by atoms with van der Waals surface area (Å²) < 4.78 is 10.1. The SMILES string of the molecule is COC(=O)CCCOc1ccc(C(=O)/C=C/c2c[nH]c3ccc(Cl)cc23)cc1. The number of aromatic nitrogens is 1. The quantitative estimate of drug-likeness (QED) is 0.250. The Morgan fingerprint density at radius 1 is 1.14 bits per heavy atom. The number of methoxy groups -OCH3 is 1. The smallest absolute Gasteiger partial charge is 0.305 e. The van der Waals surface area contributed by atoms with E-state index >= 15 is 0 Å². The van der Waals surface area contributed by atoms with Crippen LogP contribution in [0, 0.1) is 0 Å². The number of rotatable bonds is 8. The molecule has 5 nitrogen and oxygen atoms in total. The van der Waals surface area contributed by atoms with Gasteiger partial charge in [0.1, 0.15) is 5.75 Å². The second-order valence-corrected chi connectivity index (χ2v) is 6.62. The van der Waals surface area contributed by atoms with Crippen LogP contribution in [0.25, 0.3) is 17.0 Å². The van der Waals surface area contributed by atoms with Crippen molar-refractivity contribution in [3.05, 3.63) is 70.9 Å². The molecular weight excluding hydrogens is 378 g/mol. The number of halogens is 1. The number of hydrogen-bond donors (Lipinski definition) is 1. The van der Waals surface area contributed by atoms with Gasteiger partial charge >= 0.3 is 5.97 Å². The number of hydrogen-bond acceptors (Lipinski definition) is 4. The number of carbonyl (C=O) groups excluding carboxylic acids is 2. The molecule has 28 heavy (non-hydrogen) atoms. The Kier molecular flexibility index (Phi) is 6.50. The number of fused-ring (bicyclic) bond motifs is 1. The zero-order chi connectivity index (χ0) is 19.9. The van der Waals surface area contributed by atoms with Gasteiger partial charge in [0.15, 0.2) is 5.78 Å². The Balaban J connectivity index is 1.59. The van der Waals surface area contributed by atoms with Crippen LogP contribution in [-0.4, -0.2) is 30.5 Å². The molecule has 3 rings (SSSR count). The van der Waals surface area contributed by atoms with Crippen LogP contribution in [0.5, 0.6) is 5.75 Å². The second kappa shape index (κ2) is 9.24. The Labute approximate surface area is 167 Å². The third-order valence-electron chi connectivity index (χ3n) is 4.25. The Morgan fingerprint density at radius 3 is 2.68 bits per heavy atom. The molecule has 6 heteroatoms. The monoisotopic (exact) mass is 397 g/mol. The second-order valence-electron chi connectivity index (χ2n) is 6.18. The lowest BCUT2D eigenvalue weighted by Gasteiger charge is -2.06. The molecule has 1 N–H and O–H groups in total. The average Bonchev–Trinajstić information content (AvgIpc) is 3.11. The first-order chi connectivity index (χ1) is 13.6. The van der Waals surface area contributed by atoms with Crippen LogP contribution < -0.4 is 4.74 Å². The summed E-state index contributed by atoms with van der Waals surface area (Å²) in [7, 11) is 1.36. The molecule has 0 radical (unpaired) electrons. The normalized spacial score (nSPS) is 11.1. The molecule has 2 aromatic carbocycles. The number of nitrogens with one attached hydrogen (secondary N) is 1. The first kappa shape index (κ1) is 19.7. The molecule has 0 aliphatic carbocycles. The maximum absolute atomic E-state index is 12.4. The summed E-state index contributed by atoms with van der Waals surface area (Å²) in [5.74, 6) is 0.291. The van der Waals surface area contributed by atoms with E-state index in [1.165, 1.54) is 13.2 Å². The van der Waals surface area contributed by atoms with Crippen LogP contribution in [0.1, 0.15) is 28.8 Å². The van der Waals surface area contributed by atoms with Crippen LogP contribution in [0.15, 0.2) is 54.7 Å². The summed E-state index contributed by atoms with van der Waals surface area (Å²) in [5.41, 5.74) is 2.43. The largest absolute Gasteiger partial charge is 0.494 e. The van der Waals surface area contributed by atoms with Crippen LogP contribution in [0.3, 0.4) is 0 Å². The van der Waals surface area contributed by atoms with Crippen LogP contribution >= 0.6 is 11.6 Å². The van der Waals surface area contributed by atoms with E-state index in [0.29, 0.717) is 35.8 Å².